The maximum Gasteiger partial charge on any atom is 0.291 e. The standard InChI is InChI=1S/C20H22FN7O2/c1-12-9-14-15(26-20(2)3-4-20)24-16(25-17(14)30-12)18(29)27-5-7-28(8-6-27)19-22-10-13(21)11-23-19/h9-11H,3-8H2,1-2H3,(H,24,25,26). The quantitative estimate of drug-likeness (QED) is 0.699. The number of hydrogen-bond acceptors (Lipinski definition) is 8. The number of furan rings is 1. The second kappa shape index (κ2) is 6.89. The van der Waals surface area contributed by atoms with Crippen molar-refractivity contribution in [1.82, 2.24) is 24.8 Å². The molecule has 0 atom stereocenters. The van der Waals surface area contributed by atoms with E-state index in [1.807, 2.05) is 17.9 Å². The molecule has 0 bridgehead atoms. The van der Waals surface area contributed by atoms with Crippen molar-refractivity contribution < 1.29 is 13.6 Å². The Morgan fingerprint density at radius 2 is 1.87 bits per heavy atom. The van der Waals surface area contributed by atoms with Gasteiger partial charge in [-0.05, 0) is 32.8 Å². The minimum atomic E-state index is -0.474. The summed E-state index contributed by atoms with van der Waals surface area (Å²) in [5, 5.41) is 4.23. The summed E-state index contributed by atoms with van der Waals surface area (Å²) < 4.78 is 18.7. The molecule has 10 heteroatoms. The van der Waals surface area contributed by atoms with Gasteiger partial charge in [-0.15, -0.1) is 0 Å². The Labute approximate surface area is 172 Å². The van der Waals surface area contributed by atoms with Crippen LogP contribution in [0.25, 0.3) is 11.1 Å². The monoisotopic (exact) mass is 411 g/mol. The highest BCUT2D eigenvalue weighted by Gasteiger charge is 2.38. The molecule has 2 fully saturated rings. The second-order valence-corrected chi connectivity index (χ2v) is 8.14. The maximum absolute atomic E-state index is 13.1. The first-order chi connectivity index (χ1) is 14.4. The van der Waals surface area contributed by atoms with Crippen LogP contribution < -0.4 is 10.2 Å². The molecule has 1 aliphatic heterocycles. The van der Waals surface area contributed by atoms with E-state index in [-0.39, 0.29) is 17.3 Å². The van der Waals surface area contributed by atoms with Crippen LogP contribution in [0.4, 0.5) is 16.2 Å². The van der Waals surface area contributed by atoms with Gasteiger partial charge in [-0.2, -0.15) is 4.98 Å². The molecule has 30 heavy (non-hydrogen) atoms. The zero-order valence-corrected chi connectivity index (χ0v) is 16.9. The number of amides is 1. The van der Waals surface area contributed by atoms with Gasteiger partial charge in [0.25, 0.3) is 5.91 Å². The van der Waals surface area contributed by atoms with Gasteiger partial charge >= 0.3 is 0 Å². The second-order valence-electron chi connectivity index (χ2n) is 8.14. The highest BCUT2D eigenvalue weighted by atomic mass is 19.1. The van der Waals surface area contributed by atoms with E-state index in [0.29, 0.717) is 43.7 Å². The summed E-state index contributed by atoms with van der Waals surface area (Å²) in [5.74, 6) is 1.22. The third-order valence-corrected chi connectivity index (χ3v) is 5.58. The Balaban J connectivity index is 1.35. The molecule has 0 aromatic carbocycles. The average molecular weight is 411 g/mol. The molecule has 2 aliphatic rings. The van der Waals surface area contributed by atoms with Crippen LogP contribution in [0.15, 0.2) is 22.9 Å². The molecule has 0 radical (unpaired) electrons. The van der Waals surface area contributed by atoms with E-state index in [1.165, 1.54) is 0 Å². The molecule has 1 saturated carbocycles. The summed E-state index contributed by atoms with van der Waals surface area (Å²) in [6.45, 7) is 6.01. The van der Waals surface area contributed by atoms with Crippen molar-refractivity contribution in [1.29, 1.82) is 0 Å². The molecule has 1 aliphatic carbocycles. The van der Waals surface area contributed by atoms with Gasteiger partial charge < -0.3 is 19.5 Å². The highest BCUT2D eigenvalue weighted by Crippen LogP contribution is 2.39. The molecule has 3 aromatic heterocycles. The van der Waals surface area contributed by atoms with Gasteiger partial charge in [-0.3, -0.25) is 4.79 Å². The summed E-state index contributed by atoms with van der Waals surface area (Å²) in [7, 11) is 0. The number of rotatable bonds is 4. The van der Waals surface area contributed by atoms with Gasteiger partial charge in [0, 0.05) is 31.7 Å². The maximum atomic E-state index is 13.1. The zero-order chi connectivity index (χ0) is 20.9. The first-order valence-electron chi connectivity index (χ1n) is 9.98. The molecule has 3 aromatic rings. The van der Waals surface area contributed by atoms with Crippen LogP contribution in [0.3, 0.4) is 0 Å². The van der Waals surface area contributed by atoms with E-state index in [1.54, 1.807) is 4.90 Å². The Hall–Kier alpha value is -3.30. The lowest BCUT2D eigenvalue weighted by molar-refractivity contribution is 0.0734. The molecule has 5 rings (SSSR count). The largest absolute Gasteiger partial charge is 0.443 e. The SMILES string of the molecule is Cc1cc2c(NC3(C)CC3)nc(C(=O)N3CCN(c4ncc(F)cn4)CC3)nc2o1. The van der Waals surface area contributed by atoms with Crippen LogP contribution in [0, 0.1) is 12.7 Å². The number of aryl methyl sites for hydroxylation is 1. The number of aromatic nitrogens is 4. The van der Waals surface area contributed by atoms with Crippen LogP contribution in [0.1, 0.15) is 36.1 Å². The predicted molar refractivity (Wildman–Crippen MR) is 108 cm³/mol. The summed E-state index contributed by atoms with van der Waals surface area (Å²) in [4.78, 5) is 33.7. The molecule has 4 heterocycles. The summed E-state index contributed by atoms with van der Waals surface area (Å²) >= 11 is 0. The highest BCUT2D eigenvalue weighted by molar-refractivity contribution is 5.95. The Kier molecular flexibility index (Phi) is 4.30. The molecule has 1 N–H and O–H groups in total. The van der Waals surface area contributed by atoms with Gasteiger partial charge in [-0.25, -0.2) is 19.3 Å². The van der Waals surface area contributed by atoms with Crippen molar-refractivity contribution in [2.24, 2.45) is 0 Å². The van der Waals surface area contributed by atoms with Gasteiger partial charge in [0.1, 0.15) is 11.6 Å². The summed E-state index contributed by atoms with van der Waals surface area (Å²) in [5.41, 5.74) is 0.420. The van der Waals surface area contributed by atoms with Crippen molar-refractivity contribution in [2.75, 3.05) is 36.4 Å². The van der Waals surface area contributed by atoms with Crippen LogP contribution in [0.5, 0.6) is 0 Å². The van der Waals surface area contributed by atoms with Gasteiger partial charge in [0.15, 0.2) is 5.82 Å². The normalized spacial score (nSPS) is 18.0. The zero-order valence-electron chi connectivity index (χ0n) is 16.9. The fourth-order valence-electron chi connectivity index (χ4n) is 3.55. The Morgan fingerprint density at radius 1 is 1.17 bits per heavy atom. The number of piperazine rings is 1. The van der Waals surface area contributed by atoms with E-state index in [0.717, 1.165) is 36.4 Å². The van der Waals surface area contributed by atoms with Crippen LogP contribution in [-0.2, 0) is 0 Å². The smallest absolute Gasteiger partial charge is 0.291 e. The third kappa shape index (κ3) is 3.53. The number of nitrogens with zero attached hydrogens (tertiary/aromatic N) is 6. The lowest BCUT2D eigenvalue weighted by Gasteiger charge is -2.34. The number of hydrogen-bond donors (Lipinski definition) is 1. The van der Waals surface area contributed by atoms with Crippen molar-refractivity contribution in [3.05, 3.63) is 35.9 Å². The fourth-order valence-corrected chi connectivity index (χ4v) is 3.55. The molecule has 1 amide bonds. The lowest BCUT2D eigenvalue weighted by Crippen LogP contribution is -2.49. The molecular formula is C20H22FN7O2. The molecule has 1 saturated heterocycles. The van der Waals surface area contributed by atoms with Gasteiger partial charge in [0.2, 0.25) is 17.5 Å². The molecule has 0 unspecified atom stereocenters. The van der Waals surface area contributed by atoms with E-state index in [2.05, 4.69) is 32.2 Å². The van der Waals surface area contributed by atoms with E-state index in [9.17, 15) is 9.18 Å². The average Bonchev–Trinajstić information content (AvgIpc) is 3.33. The van der Waals surface area contributed by atoms with E-state index >= 15 is 0 Å². The number of halogens is 1. The minimum absolute atomic E-state index is 0.00750. The van der Waals surface area contributed by atoms with Gasteiger partial charge in [0.05, 0.1) is 17.8 Å². The number of anilines is 2. The lowest BCUT2D eigenvalue weighted by atomic mass is 10.2. The molecule has 156 valence electrons. The Bertz CT molecular complexity index is 1100. The number of carbonyl (C=O) groups is 1. The van der Waals surface area contributed by atoms with Crippen LogP contribution in [0.2, 0.25) is 0 Å². The Morgan fingerprint density at radius 3 is 2.53 bits per heavy atom. The number of nitrogens with one attached hydrogen (secondary N) is 1. The number of carbonyl (C=O) groups excluding carboxylic acids is 1. The number of fused-ring (bicyclic) bond motifs is 1. The first kappa shape index (κ1) is 18.7. The van der Waals surface area contributed by atoms with Crippen molar-refractivity contribution in [3.63, 3.8) is 0 Å². The first-order valence-corrected chi connectivity index (χ1v) is 9.98. The van der Waals surface area contributed by atoms with Crippen molar-refractivity contribution in [3.8, 4) is 0 Å². The molecular weight excluding hydrogens is 389 g/mol. The summed E-state index contributed by atoms with van der Waals surface area (Å²) in [6, 6.07) is 1.89. The topological polar surface area (TPSA) is 100 Å². The third-order valence-electron chi connectivity index (χ3n) is 5.58. The molecule has 0 spiro atoms. The van der Waals surface area contributed by atoms with Crippen LogP contribution >= 0.6 is 0 Å². The fraction of sp³-hybridized carbons (Fsp3) is 0.450. The summed E-state index contributed by atoms with van der Waals surface area (Å²) in [6.07, 6.45) is 4.41. The van der Waals surface area contributed by atoms with Crippen LogP contribution in [-0.4, -0.2) is 62.5 Å². The minimum Gasteiger partial charge on any atom is -0.443 e. The van der Waals surface area contributed by atoms with Crippen molar-refractivity contribution >= 4 is 28.8 Å². The molecule has 9 nitrogen and oxygen atoms in total. The van der Waals surface area contributed by atoms with E-state index in [4.69, 9.17) is 4.42 Å². The predicted octanol–water partition coefficient (Wildman–Crippen LogP) is 2.39. The van der Waals surface area contributed by atoms with Crippen molar-refractivity contribution in [2.45, 2.75) is 32.2 Å². The van der Waals surface area contributed by atoms with E-state index < -0.39 is 5.82 Å². The van der Waals surface area contributed by atoms with Gasteiger partial charge in [-0.1, -0.05) is 0 Å².